The van der Waals surface area contributed by atoms with Crippen molar-refractivity contribution in [3.05, 3.63) is 52.1 Å². The van der Waals surface area contributed by atoms with Crippen molar-refractivity contribution in [2.45, 2.75) is 6.10 Å². The minimum atomic E-state index is -0.713. The second kappa shape index (κ2) is 8.20. The largest absolute Gasteiger partial charge is 0.493 e. The molecule has 1 N–H and O–H groups in total. The Kier molecular flexibility index (Phi) is 6.02. The molecule has 0 aliphatic rings. The van der Waals surface area contributed by atoms with E-state index in [9.17, 15) is 15.2 Å². The number of benzene rings is 2. The highest BCUT2D eigenvalue weighted by atomic mass is 16.6. The molecule has 8 heteroatoms. The molecule has 1 unspecified atom stereocenters. The van der Waals surface area contributed by atoms with Crippen molar-refractivity contribution in [3.63, 3.8) is 0 Å². The van der Waals surface area contributed by atoms with Crippen LogP contribution in [0.3, 0.4) is 0 Å². The first kappa shape index (κ1) is 18.3. The standard InChI is InChI=1S/C17H19NO7/c1-22-13-6-4-11(8-15(13)23-2)17(10-19)25-14-7-5-12(18(20)21)9-16(14)24-3/h4-9,17,19H,10H2,1-3H3. The summed E-state index contributed by atoms with van der Waals surface area (Å²) in [5.41, 5.74) is 0.538. The first-order valence-electron chi connectivity index (χ1n) is 7.35. The Bertz CT molecular complexity index is 748. The Hall–Kier alpha value is -3.00. The van der Waals surface area contributed by atoms with Gasteiger partial charge in [0, 0.05) is 6.07 Å². The predicted octanol–water partition coefficient (Wildman–Crippen LogP) is 2.73. The molecule has 0 saturated carbocycles. The first-order chi connectivity index (χ1) is 12.0. The number of aliphatic hydroxyl groups excluding tert-OH is 1. The van der Waals surface area contributed by atoms with Crippen LogP contribution in [0.15, 0.2) is 36.4 Å². The van der Waals surface area contributed by atoms with E-state index in [0.717, 1.165) is 0 Å². The number of non-ortho nitro benzene ring substituents is 1. The Morgan fingerprint density at radius 1 is 0.960 bits per heavy atom. The second-order valence-corrected chi connectivity index (χ2v) is 5.00. The molecule has 0 spiro atoms. The molecule has 0 fully saturated rings. The third-order valence-corrected chi connectivity index (χ3v) is 3.57. The van der Waals surface area contributed by atoms with Gasteiger partial charge in [0.15, 0.2) is 23.0 Å². The van der Waals surface area contributed by atoms with Crippen LogP contribution in [0.2, 0.25) is 0 Å². The van der Waals surface area contributed by atoms with Gasteiger partial charge in [-0.05, 0) is 23.8 Å². The van der Waals surface area contributed by atoms with Gasteiger partial charge in [-0.25, -0.2) is 0 Å². The lowest BCUT2D eigenvalue weighted by molar-refractivity contribution is -0.385. The number of ether oxygens (including phenoxy) is 4. The molecule has 8 nitrogen and oxygen atoms in total. The molecule has 0 aliphatic heterocycles. The minimum absolute atomic E-state index is 0.115. The number of aliphatic hydroxyl groups is 1. The predicted molar refractivity (Wildman–Crippen MR) is 89.6 cm³/mol. The first-order valence-corrected chi connectivity index (χ1v) is 7.35. The molecular weight excluding hydrogens is 330 g/mol. The Balaban J connectivity index is 2.32. The third kappa shape index (κ3) is 4.10. The fourth-order valence-electron chi connectivity index (χ4n) is 2.28. The highest BCUT2D eigenvalue weighted by molar-refractivity contribution is 5.49. The summed E-state index contributed by atoms with van der Waals surface area (Å²) < 4.78 is 21.4. The molecule has 0 heterocycles. The van der Waals surface area contributed by atoms with Crippen molar-refractivity contribution >= 4 is 5.69 Å². The van der Waals surface area contributed by atoms with Crippen LogP contribution in [0.4, 0.5) is 5.69 Å². The van der Waals surface area contributed by atoms with Crippen LogP contribution in [0, 0.1) is 10.1 Å². The van der Waals surface area contributed by atoms with Gasteiger partial charge < -0.3 is 24.1 Å². The molecule has 2 rings (SSSR count). The van der Waals surface area contributed by atoms with Gasteiger partial charge in [-0.2, -0.15) is 0 Å². The van der Waals surface area contributed by atoms with Crippen LogP contribution in [-0.2, 0) is 0 Å². The van der Waals surface area contributed by atoms with E-state index in [2.05, 4.69) is 0 Å². The number of hydrogen-bond acceptors (Lipinski definition) is 7. The van der Waals surface area contributed by atoms with E-state index in [0.29, 0.717) is 17.1 Å². The number of methoxy groups -OCH3 is 3. The highest BCUT2D eigenvalue weighted by Crippen LogP contribution is 2.36. The number of nitro groups is 1. The van der Waals surface area contributed by atoms with Crippen LogP contribution in [-0.4, -0.2) is 38.0 Å². The smallest absolute Gasteiger partial charge is 0.273 e. The van der Waals surface area contributed by atoms with E-state index in [-0.39, 0.29) is 23.8 Å². The highest BCUT2D eigenvalue weighted by Gasteiger charge is 2.19. The van der Waals surface area contributed by atoms with Crippen LogP contribution < -0.4 is 18.9 Å². The van der Waals surface area contributed by atoms with Crippen LogP contribution in [0.5, 0.6) is 23.0 Å². The maximum atomic E-state index is 10.9. The SMILES string of the molecule is COc1ccc(C(CO)Oc2ccc([N+](=O)[O-])cc2OC)cc1OC. The molecule has 0 saturated heterocycles. The molecular formula is C17H19NO7. The summed E-state index contributed by atoms with van der Waals surface area (Å²) in [6, 6.07) is 9.13. The summed E-state index contributed by atoms with van der Waals surface area (Å²) in [4.78, 5) is 10.3. The number of nitrogens with zero attached hydrogens (tertiary/aromatic N) is 1. The lowest BCUT2D eigenvalue weighted by Gasteiger charge is -2.20. The van der Waals surface area contributed by atoms with Crippen molar-refractivity contribution in [2.24, 2.45) is 0 Å². The van der Waals surface area contributed by atoms with Gasteiger partial charge in [-0.3, -0.25) is 10.1 Å². The van der Waals surface area contributed by atoms with E-state index < -0.39 is 11.0 Å². The quantitative estimate of drug-likeness (QED) is 0.577. The summed E-state index contributed by atoms with van der Waals surface area (Å²) in [6.07, 6.45) is -0.713. The molecule has 0 bridgehead atoms. The van der Waals surface area contributed by atoms with E-state index >= 15 is 0 Å². The van der Waals surface area contributed by atoms with Crippen molar-refractivity contribution in [3.8, 4) is 23.0 Å². The minimum Gasteiger partial charge on any atom is -0.493 e. The Morgan fingerprint density at radius 3 is 2.12 bits per heavy atom. The fourth-order valence-corrected chi connectivity index (χ4v) is 2.28. The summed E-state index contributed by atoms with van der Waals surface area (Å²) in [6.45, 7) is -0.310. The molecule has 0 aromatic heterocycles. The van der Waals surface area contributed by atoms with Gasteiger partial charge in [0.2, 0.25) is 0 Å². The van der Waals surface area contributed by atoms with Crippen molar-refractivity contribution in [1.29, 1.82) is 0 Å². The molecule has 2 aromatic rings. The number of rotatable bonds is 8. The lowest BCUT2D eigenvalue weighted by Crippen LogP contribution is -2.13. The van der Waals surface area contributed by atoms with Crippen molar-refractivity contribution < 1.29 is 29.0 Å². The van der Waals surface area contributed by atoms with Crippen LogP contribution in [0.25, 0.3) is 0 Å². The third-order valence-electron chi connectivity index (χ3n) is 3.57. The Morgan fingerprint density at radius 2 is 1.56 bits per heavy atom. The molecule has 0 radical (unpaired) electrons. The zero-order valence-corrected chi connectivity index (χ0v) is 14.1. The maximum Gasteiger partial charge on any atom is 0.273 e. The molecule has 2 aromatic carbocycles. The molecule has 134 valence electrons. The van der Waals surface area contributed by atoms with Crippen molar-refractivity contribution in [2.75, 3.05) is 27.9 Å². The van der Waals surface area contributed by atoms with E-state index in [1.807, 2.05) is 0 Å². The van der Waals surface area contributed by atoms with Crippen LogP contribution >= 0.6 is 0 Å². The molecule has 0 amide bonds. The summed E-state index contributed by atoms with van der Waals surface area (Å²) >= 11 is 0. The zero-order valence-electron chi connectivity index (χ0n) is 14.1. The Labute approximate surface area is 144 Å². The van der Waals surface area contributed by atoms with E-state index in [4.69, 9.17) is 18.9 Å². The average molecular weight is 349 g/mol. The maximum absolute atomic E-state index is 10.9. The normalized spacial score (nSPS) is 11.5. The molecule has 0 aliphatic carbocycles. The number of nitro benzene ring substituents is 1. The van der Waals surface area contributed by atoms with Gasteiger partial charge in [0.25, 0.3) is 5.69 Å². The van der Waals surface area contributed by atoms with Gasteiger partial charge >= 0.3 is 0 Å². The fraction of sp³-hybridized carbons (Fsp3) is 0.294. The van der Waals surface area contributed by atoms with E-state index in [1.165, 1.54) is 39.5 Å². The molecule has 1 atom stereocenters. The lowest BCUT2D eigenvalue weighted by atomic mass is 10.1. The molecule has 25 heavy (non-hydrogen) atoms. The van der Waals surface area contributed by atoms with Gasteiger partial charge in [-0.1, -0.05) is 6.07 Å². The zero-order chi connectivity index (χ0) is 18.4. The summed E-state index contributed by atoms with van der Waals surface area (Å²) in [5.74, 6) is 1.53. The van der Waals surface area contributed by atoms with Gasteiger partial charge in [0.05, 0.1) is 38.9 Å². The van der Waals surface area contributed by atoms with Gasteiger partial charge in [-0.15, -0.1) is 0 Å². The topological polar surface area (TPSA) is 100 Å². The summed E-state index contributed by atoms with van der Waals surface area (Å²) in [5, 5.41) is 20.5. The second-order valence-electron chi connectivity index (χ2n) is 5.00. The van der Waals surface area contributed by atoms with Crippen LogP contribution in [0.1, 0.15) is 11.7 Å². The average Bonchev–Trinajstić information content (AvgIpc) is 2.65. The monoisotopic (exact) mass is 349 g/mol. The van der Waals surface area contributed by atoms with E-state index in [1.54, 1.807) is 18.2 Å². The van der Waals surface area contributed by atoms with Crippen molar-refractivity contribution in [1.82, 2.24) is 0 Å². The van der Waals surface area contributed by atoms with Gasteiger partial charge in [0.1, 0.15) is 6.10 Å². The summed E-state index contributed by atoms with van der Waals surface area (Å²) in [7, 11) is 4.42. The number of hydrogen-bond donors (Lipinski definition) is 1.